The topological polar surface area (TPSA) is 29.1 Å². The van der Waals surface area contributed by atoms with Crippen LogP contribution in [0.1, 0.15) is 30.4 Å². The molecule has 3 atom stereocenters. The highest BCUT2D eigenvalue weighted by Crippen LogP contribution is 2.27. The molecule has 0 bridgehead atoms. The van der Waals surface area contributed by atoms with E-state index < -0.39 is 10.8 Å². The highest BCUT2D eigenvalue weighted by Gasteiger charge is 2.28. The van der Waals surface area contributed by atoms with E-state index in [9.17, 15) is 4.21 Å². The average Bonchev–Trinajstić information content (AvgIpc) is 2.80. The van der Waals surface area contributed by atoms with Crippen LogP contribution < -0.4 is 5.32 Å². The van der Waals surface area contributed by atoms with E-state index in [1.165, 1.54) is 11.1 Å². The Bertz CT molecular complexity index is 430. The molecule has 0 saturated heterocycles. The van der Waals surface area contributed by atoms with Crippen LogP contribution in [0.2, 0.25) is 0 Å². The zero-order chi connectivity index (χ0) is 12.4. The summed E-state index contributed by atoms with van der Waals surface area (Å²) >= 11 is 0. The van der Waals surface area contributed by atoms with Crippen LogP contribution in [0.25, 0.3) is 0 Å². The third-order valence-electron chi connectivity index (χ3n) is 3.81. The van der Waals surface area contributed by atoms with Crippen LogP contribution >= 0.6 is 0 Å². The van der Waals surface area contributed by atoms with E-state index >= 15 is 0 Å². The van der Waals surface area contributed by atoms with Crippen molar-refractivity contribution in [1.82, 2.24) is 5.32 Å². The molecule has 1 N–H and O–H groups in total. The predicted molar refractivity (Wildman–Crippen MR) is 72.8 cm³/mol. The third-order valence-corrected chi connectivity index (χ3v) is 5.56. The molecule has 1 fully saturated rings. The lowest BCUT2D eigenvalue weighted by molar-refractivity contribution is 0.581. The van der Waals surface area contributed by atoms with E-state index in [0.29, 0.717) is 11.3 Å². The van der Waals surface area contributed by atoms with Crippen LogP contribution in [0.5, 0.6) is 0 Å². The number of nitrogens with one attached hydrogen (secondary N) is 1. The molecule has 1 aromatic carbocycles. The predicted octanol–water partition coefficient (Wildman–Crippen LogP) is 2.55. The van der Waals surface area contributed by atoms with Gasteiger partial charge in [0, 0.05) is 16.2 Å². The van der Waals surface area contributed by atoms with Gasteiger partial charge >= 0.3 is 0 Å². The Morgan fingerprint density at radius 2 is 2.00 bits per heavy atom. The first-order chi connectivity index (χ1) is 8.11. The first-order valence-corrected chi connectivity index (χ1v) is 7.48. The second kappa shape index (κ2) is 5.32. The molecule has 1 saturated carbocycles. The second-order valence-electron chi connectivity index (χ2n) is 4.96. The van der Waals surface area contributed by atoms with Gasteiger partial charge < -0.3 is 5.32 Å². The van der Waals surface area contributed by atoms with Crippen molar-refractivity contribution in [3.63, 3.8) is 0 Å². The van der Waals surface area contributed by atoms with Crippen LogP contribution in [0, 0.1) is 13.8 Å². The van der Waals surface area contributed by atoms with Crippen molar-refractivity contribution in [3.8, 4) is 0 Å². The van der Waals surface area contributed by atoms with Crippen molar-refractivity contribution in [3.05, 3.63) is 29.3 Å². The summed E-state index contributed by atoms with van der Waals surface area (Å²) in [5.74, 6) is 0. The van der Waals surface area contributed by atoms with Crippen LogP contribution in [0.4, 0.5) is 0 Å². The summed E-state index contributed by atoms with van der Waals surface area (Å²) < 4.78 is 12.5. The standard InChI is InChI=1S/C14H21NOS/c1-10-4-6-13(8-11(10)2)17(16)14-7-5-12(9-14)15-3/h4,6,8,12,14-15H,5,7,9H2,1-3H3. The molecule has 0 aromatic heterocycles. The van der Waals surface area contributed by atoms with E-state index in [4.69, 9.17) is 0 Å². The lowest BCUT2D eigenvalue weighted by Gasteiger charge is -2.12. The molecule has 0 spiro atoms. The van der Waals surface area contributed by atoms with Crippen molar-refractivity contribution < 1.29 is 4.21 Å². The molecular formula is C14H21NOS. The van der Waals surface area contributed by atoms with Crippen molar-refractivity contribution in [1.29, 1.82) is 0 Å². The fraction of sp³-hybridized carbons (Fsp3) is 0.571. The zero-order valence-electron chi connectivity index (χ0n) is 10.8. The van der Waals surface area contributed by atoms with Gasteiger partial charge in [0.15, 0.2) is 0 Å². The van der Waals surface area contributed by atoms with Gasteiger partial charge in [-0.05, 0) is 63.4 Å². The minimum atomic E-state index is -0.840. The van der Waals surface area contributed by atoms with Gasteiger partial charge in [0.25, 0.3) is 0 Å². The van der Waals surface area contributed by atoms with Crippen LogP contribution in [0.3, 0.4) is 0 Å². The monoisotopic (exact) mass is 251 g/mol. The van der Waals surface area contributed by atoms with Crippen molar-refractivity contribution in [2.75, 3.05) is 7.05 Å². The molecule has 3 unspecified atom stereocenters. The molecule has 0 aliphatic heterocycles. The van der Waals surface area contributed by atoms with Crippen molar-refractivity contribution >= 4 is 10.8 Å². The highest BCUT2D eigenvalue weighted by atomic mass is 32.2. The number of rotatable bonds is 3. The van der Waals surface area contributed by atoms with E-state index in [-0.39, 0.29) is 0 Å². The zero-order valence-corrected chi connectivity index (χ0v) is 11.6. The quantitative estimate of drug-likeness (QED) is 0.894. The molecule has 1 aromatic rings. The smallest absolute Gasteiger partial charge is 0.0561 e. The minimum absolute atomic E-state index is 0.328. The summed E-state index contributed by atoms with van der Waals surface area (Å²) in [6.45, 7) is 4.18. The van der Waals surface area contributed by atoms with E-state index in [1.807, 2.05) is 13.1 Å². The first kappa shape index (κ1) is 12.8. The fourth-order valence-corrected chi connectivity index (χ4v) is 4.07. The van der Waals surface area contributed by atoms with E-state index in [1.54, 1.807) is 0 Å². The molecule has 17 heavy (non-hydrogen) atoms. The average molecular weight is 251 g/mol. The fourth-order valence-electron chi connectivity index (χ4n) is 2.43. The number of hydrogen-bond donors (Lipinski definition) is 1. The van der Waals surface area contributed by atoms with Gasteiger partial charge in [0.1, 0.15) is 0 Å². The molecule has 0 amide bonds. The Hall–Kier alpha value is -0.670. The van der Waals surface area contributed by atoms with Gasteiger partial charge in [-0.15, -0.1) is 0 Å². The molecule has 1 aliphatic carbocycles. The first-order valence-electron chi connectivity index (χ1n) is 6.27. The number of hydrogen-bond acceptors (Lipinski definition) is 2. The molecular weight excluding hydrogens is 230 g/mol. The van der Waals surface area contributed by atoms with Crippen LogP contribution in [-0.2, 0) is 10.8 Å². The molecule has 1 aliphatic rings. The van der Waals surface area contributed by atoms with Gasteiger partial charge in [0.2, 0.25) is 0 Å². The summed E-state index contributed by atoms with van der Waals surface area (Å²) in [7, 11) is 1.15. The van der Waals surface area contributed by atoms with Gasteiger partial charge in [-0.25, -0.2) is 0 Å². The Kier molecular flexibility index (Phi) is 4.00. The summed E-state index contributed by atoms with van der Waals surface area (Å²) in [4.78, 5) is 0.995. The maximum Gasteiger partial charge on any atom is 0.0561 e. The van der Waals surface area contributed by atoms with Crippen molar-refractivity contribution in [2.24, 2.45) is 0 Å². The largest absolute Gasteiger partial charge is 0.317 e. The van der Waals surface area contributed by atoms with E-state index in [2.05, 4.69) is 31.3 Å². The summed E-state index contributed by atoms with van der Waals surface area (Å²) in [6, 6.07) is 6.73. The molecule has 0 heterocycles. The van der Waals surface area contributed by atoms with Crippen LogP contribution in [0.15, 0.2) is 23.1 Å². The number of aryl methyl sites for hydroxylation is 2. The number of benzene rings is 1. The van der Waals surface area contributed by atoms with Crippen LogP contribution in [-0.4, -0.2) is 22.5 Å². The lowest BCUT2D eigenvalue weighted by Crippen LogP contribution is -2.23. The Labute approximate surface area is 106 Å². The molecule has 2 nitrogen and oxygen atoms in total. The Morgan fingerprint density at radius 1 is 1.24 bits per heavy atom. The van der Waals surface area contributed by atoms with Gasteiger partial charge in [-0.2, -0.15) is 0 Å². The van der Waals surface area contributed by atoms with Crippen molar-refractivity contribution in [2.45, 2.75) is 49.3 Å². The van der Waals surface area contributed by atoms with Gasteiger partial charge in [-0.1, -0.05) is 6.07 Å². The lowest BCUT2D eigenvalue weighted by atomic mass is 10.1. The maximum atomic E-state index is 12.5. The SMILES string of the molecule is CNC1CCC(S(=O)c2ccc(C)c(C)c2)C1. The third kappa shape index (κ3) is 2.78. The van der Waals surface area contributed by atoms with Gasteiger partial charge in [-0.3, -0.25) is 4.21 Å². The summed E-state index contributed by atoms with van der Waals surface area (Å²) in [6.07, 6.45) is 3.26. The minimum Gasteiger partial charge on any atom is -0.317 e. The second-order valence-corrected chi connectivity index (χ2v) is 6.70. The Balaban J connectivity index is 2.12. The Morgan fingerprint density at radius 3 is 2.59 bits per heavy atom. The highest BCUT2D eigenvalue weighted by molar-refractivity contribution is 7.85. The molecule has 0 radical (unpaired) electrons. The van der Waals surface area contributed by atoms with Gasteiger partial charge in [0.05, 0.1) is 10.8 Å². The molecule has 3 heteroatoms. The molecule has 2 rings (SSSR count). The summed E-state index contributed by atoms with van der Waals surface area (Å²) in [5, 5.41) is 3.61. The molecule has 94 valence electrons. The maximum absolute atomic E-state index is 12.5. The normalized spacial score (nSPS) is 26.1. The van der Waals surface area contributed by atoms with E-state index in [0.717, 1.165) is 24.2 Å². The summed E-state index contributed by atoms with van der Waals surface area (Å²) in [5.41, 5.74) is 2.50.